The van der Waals surface area contributed by atoms with Gasteiger partial charge in [0.2, 0.25) is 11.9 Å². The van der Waals surface area contributed by atoms with E-state index in [2.05, 4.69) is 27.6 Å². The number of aliphatic hydroxyl groups excluding tert-OH is 1. The highest BCUT2D eigenvalue weighted by atomic mass is 16.3. The number of carbonyl (C=O) groups is 2. The zero-order valence-electron chi connectivity index (χ0n) is 19.5. The third kappa shape index (κ3) is 5.58. The van der Waals surface area contributed by atoms with Gasteiger partial charge >= 0.3 is 0 Å². The number of imidazole rings is 1. The molecule has 5 N–H and O–H groups in total. The van der Waals surface area contributed by atoms with Gasteiger partial charge in [0.25, 0.3) is 5.91 Å². The summed E-state index contributed by atoms with van der Waals surface area (Å²) in [4.78, 5) is 29.6. The SMILES string of the molecule is CCCn1c(NC(=O)c2cc(C)nn2CC)nc2cc(C(N)=O)cc(CNCCCCO)c21. The minimum absolute atomic E-state index is 0.159. The predicted molar refractivity (Wildman–Crippen MR) is 127 cm³/mol. The van der Waals surface area contributed by atoms with Gasteiger partial charge in [-0.3, -0.25) is 19.6 Å². The smallest absolute Gasteiger partial charge is 0.276 e. The number of fused-ring (bicyclic) bond motifs is 1. The second kappa shape index (κ2) is 11.1. The maximum atomic E-state index is 13.0. The van der Waals surface area contributed by atoms with Crippen molar-refractivity contribution >= 4 is 28.8 Å². The Kier molecular flexibility index (Phi) is 8.18. The maximum Gasteiger partial charge on any atom is 0.276 e. The monoisotopic (exact) mass is 455 g/mol. The fourth-order valence-corrected chi connectivity index (χ4v) is 3.89. The van der Waals surface area contributed by atoms with E-state index in [0.717, 1.165) is 42.6 Å². The van der Waals surface area contributed by atoms with Crippen molar-refractivity contribution in [1.82, 2.24) is 24.6 Å². The number of rotatable bonds is 12. The molecular weight excluding hydrogens is 422 g/mol. The summed E-state index contributed by atoms with van der Waals surface area (Å²) < 4.78 is 3.63. The zero-order valence-corrected chi connectivity index (χ0v) is 19.5. The summed E-state index contributed by atoms with van der Waals surface area (Å²) in [6, 6.07) is 5.19. The maximum absolute atomic E-state index is 13.0. The number of aliphatic hydroxyl groups is 1. The van der Waals surface area contributed by atoms with Gasteiger partial charge in [0, 0.05) is 31.8 Å². The number of hydrogen-bond acceptors (Lipinski definition) is 6. The fourth-order valence-electron chi connectivity index (χ4n) is 3.89. The quantitative estimate of drug-likeness (QED) is 0.309. The van der Waals surface area contributed by atoms with Crippen molar-refractivity contribution in [1.29, 1.82) is 0 Å². The van der Waals surface area contributed by atoms with Crippen molar-refractivity contribution in [2.75, 3.05) is 18.5 Å². The van der Waals surface area contributed by atoms with Crippen LogP contribution in [0.5, 0.6) is 0 Å². The lowest BCUT2D eigenvalue weighted by Crippen LogP contribution is -2.20. The van der Waals surface area contributed by atoms with Gasteiger partial charge in [-0.25, -0.2) is 4.98 Å². The molecule has 0 atom stereocenters. The Labute approximate surface area is 193 Å². The average molecular weight is 456 g/mol. The first kappa shape index (κ1) is 24.4. The van der Waals surface area contributed by atoms with E-state index < -0.39 is 5.91 Å². The van der Waals surface area contributed by atoms with Crippen molar-refractivity contribution in [2.24, 2.45) is 5.73 Å². The van der Waals surface area contributed by atoms with Gasteiger partial charge in [0.05, 0.1) is 16.7 Å². The second-order valence-electron chi connectivity index (χ2n) is 8.00. The Hall–Kier alpha value is -3.24. The third-order valence-electron chi connectivity index (χ3n) is 5.39. The number of aryl methyl sites for hydroxylation is 3. The highest BCUT2D eigenvalue weighted by Gasteiger charge is 2.20. The molecule has 0 aliphatic heterocycles. The molecule has 10 nitrogen and oxygen atoms in total. The number of nitrogens with one attached hydrogen (secondary N) is 2. The van der Waals surface area contributed by atoms with Crippen molar-refractivity contribution < 1.29 is 14.7 Å². The van der Waals surface area contributed by atoms with Crippen LogP contribution in [-0.4, -0.2) is 49.4 Å². The van der Waals surface area contributed by atoms with Crippen LogP contribution in [0.15, 0.2) is 18.2 Å². The highest BCUT2D eigenvalue weighted by molar-refractivity contribution is 6.03. The van der Waals surface area contributed by atoms with Gasteiger partial charge in [0.1, 0.15) is 5.69 Å². The number of carbonyl (C=O) groups excluding carboxylic acids is 2. The standard InChI is InChI=1S/C23H33N7O3/c1-4-9-29-20-17(14-25-8-6-7-10-31)12-16(21(24)32)13-18(20)26-23(29)27-22(33)19-11-15(3)28-30(19)5-2/h11-13,25,31H,4-10,14H2,1-3H3,(H2,24,32)(H,26,27,33). The molecule has 3 rings (SSSR count). The second-order valence-corrected chi connectivity index (χ2v) is 8.00. The van der Waals surface area contributed by atoms with Crippen LogP contribution in [0.1, 0.15) is 65.2 Å². The highest BCUT2D eigenvalue weighted by Crippen LogP contribution is 2.26. The molecule has 0 saturated carbocycles. The Morgan fingerprint density at radius 3 is 2.64 bits per heavy atom. The Morgan fingerprint density at radius 1 is 1.18 bits per heavy atom. The molecule has 0 unspecified atom stereocenters. The predicted octanol–water partition coefficient (Wildman–Crippen LogP) is 2.18. The number of anilines is 1. The van der Waals surface area contributed by atoms with Crippen molar-refractivity contribution in [2.45, 2.75) is 59.7 Å². The molecule has 2 amide bonds. The number of aromatic nitrogens is 4. The molecule has 0 radical (unpaired) electrons. The van der Waals surface area contributed by atoms with Gasteiger partial charge in [-0.2, -0.15) is 5.10 Å². The van der Waals surface area contributed by atoms with E-state index in [1.165, 1.54) is 0 Å². The molecule has 178 valence electrons. The largest absolute Gasteiger partial charge is 0.396 e. The molecule has 10 heteroatoms. The Morgan fingerprint density at radius 2 is 1.97 bits per heavy atom. The molecule has 0 aliphatic carbocycles. The lowest BCUT2D eigenvalue weighted by molar-refractivity contribution is 0.0996. The Bertz CT molecular complexity index is 1130. The summed E-state index contributed by atoms with van der Waals surface area (Å²) in [5.41, 5.74) is 9.49. The van der Waals surface area contributed by atoms with Gasteiger partial charge in [-0.1, -0.05) is 6.92 Å². The number of nitrogens with two attached hydrogens (primary N) is 1. The first-order valence-corrected chi connectivity index (χ1v) is 11.4. The van der Waals surface area contributed by atoms with Crippen molar-refractivity contribution in [3.8, 4) is 0 Å². The van der Waals surface area contributed by atoms with Gasteiger partial charge in [-0.05, 0) is 63.4 Å². The normalized spacial score (nSPS) is 11.3. The molecule has 2 aromatic heterocycles. The summed E-state index contributed by atoms with van der Waals surface area (Å²) in [6.07, 6.45) is 2.40. The van der Waals surface area contributed by atoms with Gasteiger partial charge < -0.3 is 20.7 Å². The number of nitrogens with zero attached hydrogens (tertiary/aromatic N) is 4. The molecule has 0 aliphatic rings. The minimum atomic E-state index is -0.531. The van der Waals surface area contributed by atoms with Gasteiger partial charge in [0.15, 0.2) is 0 Å². The van der Waals surface area contributed by atoms with Gasteiger partial charge in [-0.15, -0.1) is 0 Å². The third-order valence-corrected chi connectivity index (χ3v) is 5.39. The molecule has 0 bridgehead atoms. The first-order valence-electron chi connectivity index (χ1n) is 11.4. The molecule has 2 heterocycles. The average Bonchev–Trinajstić information content (AvgIpc) is 3.33. The molecule has 0 saturated heterocycles. The molecule has 3 aromatic rings. The van der Waals surface area contributed by atoms with Crippen LogP contribution in [0.25, 0.3) is 11.0 Å². The summed E-state index contributed by atoms with van der Waals surface area (Å²) in [6.45, 7) is 8.45. The lowest BCUT2D eigenvalue weighted by atomic mass is 10.1. The number of unbranched alkanes of at least 4 members (excludes halogenated alkanes) is 1. The number of hydrogen-bond donors (Lipinski definition) is 4. The fraction of sp³-hybridized carbons (Fsp3) is 0.478. The lowest BCUT2D eigenvalue weighted by Gasteiger charge is -2.13. The van der Waals surface area contributed by atoms with Crippen molar-refractivity contribution in [3.63, 3.8) is 0 Å². The molecular formula is C23H33N7O3. The van der Waals surface area contributed by atoms with Crippen LogP contribution in [0.4, 0.5) is 5.95 Å². The van der Waals surface area contributed by atoms with Crippen LogP contribution >= 0.6 is 0 Å². The number of benzene rings is 1. The minimum Gasteiger partial charge on any atom is -0.396 e. The van der Waals surface area contributed by atoms with Crippen LogP contribution < -0.4 is 16.4 Å². The molecule has 0 spiro atoms. The van der Waals surface area contributed by atoms with Crippen LogP contribution in [0, 0.1) is 6.92 Å². The van der Waals surface area contributed by atoms with E-state index >= 15 is 0 Å². The summed E-state index contributed by atoms with van der Waals surface area (Å²) >= 11 is 0. The van der Waals surface area contributed by atoms with E-state index in [-0.39, 0.29) is 12.5 Å². The van der Waals surface area contributed by atoms with E-state index in [0.29, 0.717) is 42.4 Å². The Balaban J connectivity index is 2.00. The van der Waals surface area contributed by atoms with E-state index in [1.807, 2.05) is 18.4 Å². The number of amides is 2. The van der Waals surface area contributed by atoms with Crippen LogP contribution in [-0.2, 0) is 19.6 Å². The summed E-state index contributed by atoms with van der Waals surface area (Å²) in [5, 5.41) is 19.6. The summed E-state index contributed by atoms with van der Waals surface area (Å²) in [7, 11) is 0. The first-order chi connectivity index (χ1) is 15.9. The molecule has 33 heavy (non-hydrogen) atoms. The van der Waals surface area contributed by atoms with E-state index in [4.69, 9.17) is 10.8 Å². The zero-order chi connectivity index (χ0) is 24.0. The summed E-state index contributed by atoms with van der Waals surface area (Å²) in [5.74, 6) is -0.401. The topological polar surface area (TPSA) is 140 Å². The molecule has 1 aromatic carbocycles. The van der Waals surface area contributed by atoms with Crippen LogP contribution in [0.3, 0.4) is 0 Å². The van der Waals surface area contributed by atoms with E-state index in [1.54, 1.807) is 22.9 Å². The van der Waals surface area contributed by atoms with Crippen molar-refractivity contribution in [3.05, 3.63) is 40.7 Å². The van der Waals surface area contributed by atoms with E-state index in [9.17, 15) is 9.59 Å². The number of primary amides is 1. The molecule has 0 fully saturated rings. The van der Waals surface area contributed by atoms with Crippen LogP contribution in [0.2, 0.25) is 0 Å².